The van der Waals surface area contributed by atoms with Crippen LogP contribution in [0.5, 0.6) is 0 Å². The highest BCUT2D eigenvalue weighted by Gasteiger charge is 2.22. The zero-order valence-corrected chi connectivity index (χ0v) is 16.1. The minimum atomic E-state index is -0.779. The van der Waals surface area contributed by atoms with Crippen LogP contribution in [0.15, 0.2) is 24.3 Å². The fourth-order valence-electron chi connectivity index (χ4n) is 2.33. The van der Waals surface area contributed by atoms with E-state index in [2.05, 4.69) is 10.4 Å². The minimum absolute atomic E-state index is 0.0922. The van der Waals surface area contributed by atoms with Crippen molar-refractivity contribution in [3.05, 3.63) is 51.8 Å². The molecule has 0 spiro atoms. The van der Waals surface area contributed by atoms with Crippen LogP contribution in [-0.4, -0.2) is 40.8 Å². The van der Waals surface area contributed by atoms with Crippen molar-refractivity contribution in [2.75, 3.05) is 13.2 Å². The fourth-order valence-corrected chi connectivity index (χ4v) is 2.64. The van der Waals surface area contributed by atoms with Crippen molar-refractivity contribution in [3.63, 3.8) is 0 Å². The molecule has 1 aromatic carbocycles. The van der Waals surface area contributed by atoms with E-state index in [1.807, 2.05) is 36.5 Å². The first-order valence-electron chi connectivity index (χ1n) is 8.35. The van der Waals surface area contributed by atoms with Crippen LogP contribution in [0, 0.1) is 13.8 Å². The predicted molar refractivity (Wildman–Crippen MR) is 99.8 cm³/mol. The Morgan fingerprint density at radius 2 is 1.85 bits per heavy atom. The molecule has 0 atom stereocenters. The average molecular weight is 393 g/mol. The molecule has 2 rings (SSSR count). The molecule has 0 saturated heterocycles. The molecule has 1 aromatic heterocycles. The molecule has 2 aromatic rings. The molecular weight excluding hydrogens is 372 g/mol. The maximum Gasteiger partial charge on any atom is 0.343 e. The molecule has 2 N–H and O–H groups in total. The molecule has 27 heavy (non-hydrogen) atoms. The van der Waals surface area contributed by atoms with Crippen LogP contribution in [0.3, 0.4) is 0 Å². The number of hydrogen-bond acceptors (Lipinski definition) is 5. The lowest BCUT2D eigenvalue weighted by atomic mass is 10.1. The molecule has 3 amide bonds. The standard InChI is InChI=1S/C18H21ClN4O4/c1-4-20-18(26)21-14(24)10-27-17(25)15-12(3)22-23(16(15)19)9-13-7-5-11(2)6-8-13/h5-8H,4,9-10H2,1-3H3,(H2,20,21,24,26). The summed E-state index contributed by atoms with van der Waals surface area (Å²) in [6, 6.07) is 7.20. The molecule has 0 saturated carbocycles. The summed E-state index contributed by atoms with van der Waals surface area (Å²) in [5.41, 5.74) is 2.60. The predicted octanol–water partition coefficient (Wildman–Crippen LogP) is 2.20. The van der Waals surface area contributed by atoms with Crippen LogP contribution in [0.1, 0.15) is 34.1 Å². The highest BCUT2D eigenvalue weighted by Crippen LogP contribution is 2.22. The number of nitrogens with one attached hydrogen (secondary N) is 2. The van der Waals surface area contributed by atoms with Gasteiger partial charge >= 0.3 is 12.0 Å². The maximum atomic E-state index is 12.3. The summed E-state index contributed by atoms with van der Waals surface area (Å²) in [5, 5.41) is 8.83. The van der Waals surface area contributed by atoms with Crippen LogP contribution in [-0.2, 0) is 16.1 Å². The Balaban J connectivity index is 2.02. The Bertz CT molecular complexity index is 846. The first kappa shape index (κ1) is 20.4. The van der Waals surface area contributed by atoms with Gasteiger partial charge in [-0.3, -0.25) is 10.1 Å². The number of carbonyl (C=O) groups is 3. The number of halogens is 1. The van der Waals surface area contributed by atoms with E-state index < -0.39 is 24.5 Å². The number of urea groups is 1. The largest absolute Gasteiger partial charge is 0.452 e. The van der Waals surface area contributed by atoms with Crippen molar-refractivity contribution in [1.82, 2.24) is 20.4 Å². The second kappa shape index (κ2) is 9.18. The fraction of sp³-hybridized carbons (Fsp3) is 0.333. The molecule has 0 unspecified atom stereocenters. The van der Waals surface area contributed by atoms with Gasteiger partial charge in [-0.1, -0.05) is 41.4 Å². The molecule has 0 aliphatic heterocycles. The summed E-state index contributed by atoms with van der Waals surface area (Å²) >= 11 is 6.28. The van der Waals surface area contributed by atoms with E-state index in [9.17, 15) is 14.4 Å². The summed E-state index contributed by atoms with van der Waals surface area (Å²) in [6.45, 7) is 5.49. The van der Waals surface area contributed by atoms with Gasteiger partial charge in [0.05, 0.1) is 12.2 Å². The van der Waals surface area contributed by atoms with Gasteiger partial charge in [0.1, 0.15) is 10.7 Å². The van der Waals surface area contributed by atoms with Crippen molar-refractivity contribution in [3.8, 4) is 0 Å². The number of nitrogens with zero attached hydrogens (tertiary/aromatic N) is 2. The van der Waals surface area contributed by atoms with E-state index in [1.54, 1.807) is 13.8 Å². The monoisotopic (exact) mass is 392 g/mol. The normalized spacial score (nSPS) is 10.4. The van der Waals surface area contributed by atoms with E-state index in [0.29, 0.717) is 18.8 Å². The number of imide groups is 1. The number of aromatic nitrogens is 2. The maximum absolute atomic E-state index is 12.3. The summed E-state index contributed by atoms with van der Waals surface area (Å²) in [4.78, 5) is 35.1. The number of esters is 1. The second-order valence-electron chi connectivity index (χ2n) is 5.88. The lowest BCUT2D eigenvalue weighted by Crippen LogP contribution is -2.41. The zero-order chi connectivity index (χ0) is 20.0. The van der Waals surface area contributed by atoms with E-state index in [0.717, 1.165) is 11.1 Å². The first-order valence-corrected chi connectivity index (χ1v) is 8.72. The van der Waals surface area contributed by atoms with Crippen molar-refractivity contribution >= 4 is 29.5 Å². The minimum Gasteiger partial charge on any atom is -0.452 e. The van der Waals surface area contributed by atoms with Crippen LogP contribution in [0.25, 0.3) is 0 Å². The number of benzene rings is 1. The molecule has 9 heteroatoms. The Morgan fingerprint density at radius 3 is 2.48 bits per heavy atom. The quantitative estimate of drug-likeness (QED) is 0.734. The summed E-state index contributed by atoms with van der Waals surface area (Å²) < 4.78 is 6.43. The van der Waals surface area contributed by atoms with Gasteiger partial charge in [-0.15, -0.1) is 0 Å². The lowest BCUT2D eigenvalue weighted by molar-refractivity contribution is -0.123. The molecule has 0 fully saturated rings. The van der Waals surface area contributed by atoms with E-state index in [1.165, 1.54) is 4.68 Å². The molecule has 0 aliphatic carbocycles. The van der Waals surface area contributed by atoms with Crippen LogP contribution in [0.4, 0.5) is 4.79 Å². The Hall–Kier alpha value is -2.87. The van der Waals surface area contributed by atoms with Gasteiger partial charge < -0.3 is 10.1 Å². The second-order valence-corrected chi connectivity index (χ2v) is 6.24. The number of amides is 3. The van der Waals surface area contributed by atoms with Crippen LogP contribution >= 0.6 is 11.6 Å². The Kier molecular flexibility index (Phi) is 6.95. The van der Waals surface area contributed by atoms with Crippen molar-refractivity contribution in [1.29, 1.82) is 0 Å². The molecule has 0 bridgehead atoms. The van der Waals surface area contributed by atoms with Gasteiger partial charge in [0.15, 0.2) is 6.61 Å². The Labute approximate surface area is 161 Å². The molecular formula is C18H21ClN4O4. The smallest absolute Gasteiger partial charge is 0.343 e. The molecule has 0 radical (unpaired) electrons. The van der Waals surface area contributed by atoms with Crippen LogP contribution in [0.2, 0.25) is 5.15 Å². The highest BCUT2D eigenvalue weighted by molar-refractivity contribution is 6.32. The number of hydrogen-bond donors (Lipinski definition) is 2. The third-order valence-electron chi connectivity index (χ3n) is 3.65. The van der Waals surface area contributed by atoms with Crippen molar-refractivity contribution in [2.45, 2.75) is 27.3 Å². The van der Waals surface area contributed by atoms with Crippen molar-refractivity contribution < 1.29 is 19.1 Å². The summed E-state index contributed by atoms with van der Waals surface area (Å²) in [5.74, 6) is -1.52. The number of aryl methyl sites for hydroxylation is 2. The number of ether oxygens (including phenoxy) is 1. The van der Waals surface area contributed by atoms with E-state index >= 15 is 0 Å². The summed E-state index contributed by atoms with van der Waals surface area (Å²) in [7, 11) is 0. The SMILES string of the molecule is CCNC(=O)NC(=O)COC(=O)c1c(C)nn(Cc2ccc(C)cc2)c1Cl. The van der Waals surface area contributed by atoms with Crippen molar-refractivity contribution in [2.24, 2.45) is 0 Å². The van der Waals surface area contributed by atoms with Gasteiger partial charge in [-0.25, -0.2) is 14.3 Å². The molecule has 8 nitrogen and oxygen atoms in total. The average Bonchev–Trinajstić information content (AvgIpc) is 2.88. The van der Waals surface area contributed by atoms with Gasteiger partial charge in [-0.05, 0) is 26.3 Å². The molecule has 1 heterocycles. The van der Waals surface area contributed by atoms with Gasteiger partial charge in [0.2, 0.25) is 0 Å². The highest BCUT2D eigenvalue weighted by atomic mass is 35.5. The topological polar surface area (TPSA) is 102 Å². The first-order chi connectivity index (χ1) is 12.8. The van der Waals surface area contributed by atoms with Gasteiger partial charge in [-0.2, -0.15) is 5.10 Å². The number of rotatable bonds is 6. The third-order valence-corrected chi connectivity index (χ3v) is 4.03. The zero-order valence-electron chi connectivity index (χ0n) is 15.3. The van der Waals surface area contributed by atoms with Crippen LogP contribution < -0.4 is 10.6 Å². The number of carbonyl (C=O) groups excluding carboxylic acids is 3. The molecule has 144 valence electrons. The molecule has 0 aliphatic rings. The third kappa shape index (κ3) is 5.55. The summed E-state index contributed by atoms with van der Waals surface area (Å²) in [6.07, 6.45) is 0. The van der Waals surface area contributed by atoms with Gasteiger partial charge in [0, 0.05) is 6.54 Å². The van der Waals surface area contributed by atoms with E-state index in [-0.39, 0.29) is 10.7 Å². The Morgan fingerprint density at radius 1 is 1.19 bits per heavy atom. The van der Waals surface area contributed by atoms with Gasteiger partial charge in [0.25, 0.3) is 5.91 Å². The lowest BCUT2D eigenvalue weighted by Gasteiger charge is -2.06. The van der Waals surface area contributed by atoms with E-state index in [4.69, 9.17) is 16.3 Å².